The first-order valence-electron chi connectivity index (χ1n) is 4.92. The predicted octanol–water partition coefficient (Wildman–Crippen LogP) is 1.25. The van der Waals surface area contributed by atoms with Crippen molar-refractivity contribution in [2.75, 3.05) is 0 Å². The van der Waals surface area contributed by atoms with Crippen LogP contribution in [0.4, 0.5) is 0 Å². The molecule has 1 rings (SSSR count). The Morgan fingerprint density at radius 1 is 1.50 bits per heavy atom. The second-order valence-corrected chi connectivity index (χ2v) is 3.74. The molecule has 0 spiro atoms. The molecule has 1 radical (unpaired) electrons. The predicted molar refractivity (Wildman–Crippen MR) is 54.4 cm³/mol. The van der Waals surface area contributed by atoms with E-state index in [9.17, 15) is 9.59 Å². The first kappa shape index (κ1) is 11.0. The first-order chi connectivity index (χ1) is 6.56. The van der Waals surface area contributed by atoms with E-state index in [0.717, 1.165) is 6.42 Å². The van der Waals surface area contributed by atoms with E-state index in [1.165, 1.54) is 6.92 Å². The lowest BCUT2D eigenvalue weighted by Crippen LogP contribution is -2.43. The maximum absolute atomic E-state index is 11.4. The van der Waals surface area contributed by atoms with Crippen LogP contribution in [-0.4, -0.2) is 17.7 Å². The molecular formula is C11H16NO2. The molecule has 2 atom stereocenters. The van der Waals surface area contributed by atoms with Gasteiger partial charge in [-0.15, -0.1) is 0 Å². The van der Waals surface area contributed by atoms with Gasteiger partial charge in [-0.3, -0.25) is 9.59 Å². The molecular weight excluding hydrogens is 178 g/mol. The summed E-state index contributed by atoms with van der Waals surface area (Å²) in [5.74, 6) is 0.0789. The lowest BCUT2D eigenvalue weighted by atomic mass is 9.96. The van der Waals surface area contributed by atoms with Gasteiger partial charge in [-0.25, -0.2) is 0 Å². The maximum Gasteiger partial charge on any atom is 0.248 e. The van der Waals surface area contributed by atoms with Crippen LogP contribution in [0, 0.1) is 12.3 Å². The Hall–Kier alpha value is -1.12. The van der Waals surface area contributed by atoms with E-state index >= 15 is 0 Å². The van der Waals surface area contributed by atoms with Crippen molar-refractivity contribution in [1.82, 2.24) is 5.32 Å². The van der Waals surface area contributed by atoms with Gasteiger partial charge in [0.05, 0.1) is 6.04 Å². The monoisotopic (exact) mass is 194 g/mol. The van der Waals surface area contributed by atoms with Crippen molar-refractivity contribution in [1.29, 1.82) is 0 Å². The number of hydrogen-bond acceptors (Lipinski definition) is 2. The summed E-state index contributed by atoms with van der Waals surface area (Å²) in [5, 5.41) is 2.74. The van der Waals surface area contributed by atoms with Crippen LogP contribution in [0.5, 0.6) is 0 Å². The van der Waals surface area contributed by atoms with E-state index in [1.54, 1.807) is 12.5 Å². The average molecular weight is 194 g/mol. The Labute approximate surface area is 84.6 Å². The van der Waals surface area contributed by atoms with Crippen molar-refractivity contribution in [3.63, 3.8) is 0 Å². The fourth-order valence-corrected chi connectivity index (χ4v) is 1.30. The highest BCUT2D eigenvalue weighted by Gasteiger charge is 2.26. The van der Waals surface area contributed by atoms with Gasteiger partial charge in [-0.1, -0.05) is 26.3 Å². The number of Topliss-reactive ketones (excluding diaryl/α,β-unsaturated/α-hetero) is 1. The van der Waals surface area contributed by atoms with Crippen molar-refractivity contribution in [2.45, 2.75) is 33.2 Å². The van der Waals surface area contributed by atoms with Crippen molar-refractivity contribution in [2.24, 2.45) is 5.92 Å². The molecule has 0 heterocycles. The number of amides is 1. The van der Waals surface area contributed by atoms with Crippen LogP contribution < -0.4 is 5.32 Å². The summed E-state index contributed by atoms with van der Waals surface area (Å²) in [6.45, 7) is 5.49. The van der Waals surface area contributed by atoms with Crippen LogP contribution >= 0.6 is 0 Å². The van der Waals surface area contributed by atoms with Gasteiger partial charge in [0.15, 0.2) is 5.78 Å². The molecule has 14 heavy (non-hydrogen) atoms. The van der Waals surface area contributed by atoms with Crippen LogP contribution in [0.2, 0.25) is 0 Å². The molecule has 1 amide bonds. The molecule has 3 heteroatoms. The second-order valence-electron chi connectivity index (χ2n) is 3.74. The fourth-order valence-electron chi connectivity index (χ4n) is 1.30. The van der Waals surface area contributed by atoms with Gasteiger partial charge in [0, 0.05) is 12.0 Å². The molecule has 0 aromatic carbocycles. The third-order valence-electron chi connectivity index (χ3n) is 2.53. The smallest absolute Gasteiger partial charge is 0.248 e. The summed E-state index contributed by atoms with van der Waals surface area (Å²) in [6.07, 6.45) is 4.36. The van der Waals surface area contributed by atoms with Crippen LogP contribution in [0.1, 0.15) is 27.2 Å². The first-order valence-corrected chi connectivity index (χ1v) is 4.92. The highest BCUT2D eigenvalue weighted by Crippen LogP contribution is 2.17. The van der Waals surface area contributed by atoms with Crippen LogP contribution in [-0.2, 0) is 9.59 Å². The molecule has 0 aliphatic heterocycles. The van der Waals surface area contributed by atoms with Gasteiger partial charge >= 0.3 is 0 Å². The highest BCUT2D eigenvalue weighted by atomic mass is 16.2. The van der Waals surface area contributed by atoms with Crippen LogP contribution in [0.3, 0.4) is 0 Å². The molecule has 0 aromatic rings. The molecule has 0 fully saturated rings. The Kier molecular flexibility index (Phi) is 3.44. The molecule has 0 aromatic heterocycles. The van der Waals surface area contributed by atoms with E-state index in [0.29, 0.717) is 5.57 Å². The Morgan fingerprint density at radius 3 is 2.43 bits per heavy atom. The van der Waals surface area contributed by atoms with Gasteiger partial charge < -0.3 is 5.32 Å². The number of carbonyl (C=O) groups is 2. The third kappa shape index (κ3) is 2.69. The Balaban J connectivity index is 2.54. The standard InChI is InChI=1S/C11H16NO2/c1-4-7(2)10(8(3)13)12-11(14)9-5-6-9/h5-7,10H,4H2,1-3H3,(H,12,14)/t7-,10+/m1/s1. The Morgan fingerprint density at radius 2 is 2.07 bits per heavy atom. The minimum atomic E-state index is -0.345. The van der Waals surface area contributed by atoms with Crippen molar-refractivity contribution >= 4 is 11.7 Å². The number of nitrogens with one attached hydrogen (secondary N) is 1. The lowest BCUT2D eigenvalue weighted by Gasteiger charge is -2.20. The van der Waals surface area contributed by atoms with E-state index in [2.05, 4.69) is 5.32 Å². The van der Waals surface area contributed by atoms with E-state index in [-0.39, 0.29) is 23.7 Å². The van der Waals surface area contributed by atoms with Gasteiger partial charge in [0.25, 0.3) is 0 Å². The van der Waals surface area contributed by atoms with Crippen LogP contribution in [0.15, 0.2) is 11.6 Å². The van der Waals surface area contributed by atoms with Gasteiger partial charge in [-0.2, -0.15) is 0 Å². The maximum atomic E-state index is 11.4. The minimum Gasteiger partial charge on any atom is -0.342 e. The van der Waals surface area contributed by atoms with Gasteiger partial charge in [0.2, 0.25) is 5.91 Å². The third-order valence-corrected chi connectivity index (χ3v) is 2.53. The molecule has 0 bridgehead atoms. The zero-order valence-corrected chi connectivity index (χ0v) is 8.83. The number of carbonyl (C=O) groups excluding carboxylic acids is 2. The summed E-state index contributed by atoms with van der Waals surface area (Å²) >= 11 is 0. The molecule has 77 valence electrons. The zero-order valence-electron chi connectivity index (χ0n) is 8.83. The zero-order chi connectivity index (χ0) is 10.7. The van der Waals surface area contributed by atoms with E-state index in [1.807, 2.05) is 13.8 Å². The van der Waals surface area contributed by atoms with E-state index < -0.39 is 0 Å². The summed E-state index contributed by atoms with van der Waals surface area (Å²) in [6, 6.07) is -0.345. The summed E-state index contributed by atoms with van der Waals surface area (Å²) in [7, 11) is 0. The summed E-state index contributed by atoms with van der Waals surface area (Å²) in [4.78, 5) is 22.7. The average Bonchev–Trinajstić information content (AvgIpc) is 2.95. The summed E-state index contributed by atoms with van der Waals surface area (Å²) < 4.78 is 0. The molecule has 1 N–H and O–H groups in total. The molecule has 1 aliphatic carbocycles. The summed E-state index contributed by atoms with van der Waals surface area (Å²) in [5.41, 5.74) is 0.680. The number of rotatable bonds is 5. The molecule has 0 saturated heterocycles. The van der Waals surface area contributed by atoms with Gasteiger partial charge in [0.1, 0.15) is 0 Å². The Bertz CT molecular complexity index is 281. The topological polar surface area (TPSA) is 46.2 Å². The molecule has 1 aliphatic rings. The van der Waals surface area contributed by atoms with Crippen molar-refractivity contribution < 1.29 is 9.59 Å². The molecule has 0 unspecified atom stereocenters. The SMILES string of the molecule is CC[C@@H](C)[C@H](NC(=O)C1=C[CH]1)C(C)=O. The lowest BCUT2D eigenvalue weighted by molar-refractivity contribution is -0.125. The molecule has 0 saturated carbocycles. The minimum absolute atomic E-state index is 0.0222. The quantitative estimate of drug-likeness (QED) is 0.716. The van der Waals surface area contributed by atoms with E-state index in [4.69, 9.17) is 0 Å². The number of allylic oxidation sites excluding steroid dienone is 1. The van der Waals surface area contributed by atoms with Crippen molar-refractivity contribution in [3.05, 3.63) is 18.1 Å². The van der Waals surface area contributed by atoms with Crippen molar-refractivity contribution in [3.8, 4) is 0 Å². The number of hydrogen-bond donors (Lipinski definition) is 1. The second kappa shape index (κ2) is 4.40. The normalized spacial score (nSPS) is 18.1. The molecule has 3 nitrogen and oxygen atoms in total. The highest BCUT2D eigenvalue weighted by molar-refractivity contribution is 6.03. The van der Waals surface area contributed by atoms with Gasteiger partial charge in [-0.05, 0) is 12.8 Å². The van der Waals surface area contributed by atoms with Crippen LogP contribution in [0.25, 0.3) is 0 Å². The largest absolute Gasteiger partial charge is 0.342 e. The fraction of sp³-hybridized carbons (Fsp3) is 0.545. The number of ketones is 1.